The van der Waals surface area contributed by atoms with Crippen LogP contribution in [-0.4, -0.2) is 54.7 Å². The van der Waals surface area contributed by atoms with Gasteiger partial charge in [-0.15, -0.1) is 0 Å². The van der Waals surface area contributed by atoms with Crippen molar-refractivity contribution < 1.29 is 42.8 Å². The first-order chi connectivity index (χ1) is 15.7. The first-order valence-corrected chi connectivity index (χ1v) is 14.2. The van der Waals surface area contributed by atoms with E-state index in [9.17, 15) is 42.8 Å². The van der Waals surface area contributed by atoms with Gasteiger partial charge in [0.05, 0.1) is 4.90 Å². The van der Waals surface area contributed by atoms with E-state index < -0.39 is 68.4 Å². The van der Waals surface area contributed by atoms with Crippen molar-refractivity contribution in [2.75, 3.05) is 19.6 Å². The standard InChI is InChI=1S/C19H20F4N2O6S3/c20-15-5-1-2-6-16(15)32(26,27)17-7-3-4-8-18(17)33(28,29)25-11-9-14(10-12-25)13-24-34(30,31)19(21,22)23/h1-8,14,24H,9-13H2. The number of hydrogen-bond acceptors (Lipinski definition) is 6. The minimum Gasteiger partial charge on any atom is -0.218 e. The van der Waals surface area contributed by atoms with Crippen molar-refractivity contribution in [2.45, 2.75) is 33.0 Å². The van der Waals surface area contributed by atoms with Crippen LogP contribution in [0.5, 0.6) is 0 Å². The Morgan fingerprint density at radius 1 is 0.824 bits per heavy atom. The van der Waals surface area contributed by atoms with Gasteiger partial charge in [0.25, 0.3) is 0 Å². The Labute approximate surface area is 194 Å². The zero-order valence-corrected chi connectivity index (χ0v) is 19.8. The number of sulfonamides is 2. The van der Waals surface area contributed by atoms with E-state index in [4.69, 9.17) is 0 Å². The second kappa shape index (κ2) is 9.53. The molecule has 8 nitrogen and oxygen atoms in total. The molecule has 1 aliphatic heterocycles. The van der Waals surface area contributed by atoms with Gasteiger partial charge in [0.1, 0.15) is 15.6 Å². The Hall–Kier alpha value is -2.07. The SMILES string of the molecule is O=S(=O)(c1ccccc1F)c1ccccc1S(=O)(=O)N1CCC(CNS(=O)(=O)C(F)(F)F)CC1. The highest BCUT2D eigenvalue weighted by Gasteiger charge is 2.46. The number of halogens is 4. The van der Waals surface area contributed by atoms with Crippen molar-refractivity contribution in [3.8, 4) is 0 Å². The monoisotopic (exact) mass is 544 g/mol. The summed E-state index contributed by atoms with van der Waals surface area (Å²) < 4.78 is 129. The van der Waals surface area contributed by atoms with Gasteiger partial charge in [0.2, 0.25) is 19.9 Å². The van der Waals surface area contributed by atoms with Crippen LogP contribution in [0.15, 0.2) is 63.2 Å². The molecule has 2 aromatic carbocycles. The fourth-order valence-corrected chi connectivity index (χ4v) is 7.69. The van der Waals surface area contributed by atoms with E-state index in [0.29, 0.717) is 0 Å². The molecule has 1 N–H and O–H groups in total. The molecular formula is C19H20F4N2O6S3. The molecule has 1 fully saturated rings. The third kappa shape index (κ3) is 5.27. The molecule has 0 amide bonds. The lowest BCUT2D eigenvalue weighted by Gasteiger charge is -2.31. The predicted octanol–water partition coefficient (Wildman–Crippen LogP) is 2.50. The van der Waals surface area contributed by atoms with Crippen LogP contribution in [-0.2, 0) is 29.9 Å². The molecule has 3 rings (SSSR count). The molecule has 188 valence electrons. The average Bonchev–Trinajstić information content (AvgIpc) is 2.77. The van der Waals surface area contributed by atoms with Crippen LogP contribution in [0, 0.1) is 11.7 Å². The number of benzene rings is 2. The molecule has 0 radical (unpaired) electrons. The Bertz CT molecular complexity index is 1370. The zero-order chi connectivity index (χ0) is 25.4. The second-order valence-corrected chi connectivity index (χ2v) is 13.1. The number of alkyl halides is 3. The van der Waals surface area contributed by atoms with Crippen LogP contribution < -0.4 is 4.72 Å². The fourth-order valence-electron chi connectivity index (χ4n) is 3.47. The number of sulfone groups is 1. The number of nitrogens with one attached hydrogen (secondary N) is 1. The third-order valence-corrected chi connectivity index (χ3v) is 10.4. The summed E-state index contributed by atoms with van der Waals surface area (Å²) in [5, 5.41) is 0. The summed E-state index contributed by atoms with van der Waals surface area (Å²) in [5.41, 5.74) is -5.45. The van der Waals surface area contributed by atoms with Crippen molar-refractivity contribution >= 4 is 29.9 Å². The maximum atomic E-state index is 14.2. The Balaban J connectivity index is 1.81. The molecule has 0 aliphatic carbocycles. The van der Waals surface area contributed by atoms with Crippen LogP contribution in [0.2, 0.25) is 0 Å². The topological polar surface area (TPSA) is 118 Å². The number of nitrogens with zero attached hydrogens (tertiary/aromatic N) is 1. The summed E-state index contributed by atoms with van der Waals surface area (Å²) in [4.78, 5) is -1.86. The largest absolute Gasteiger partial charge is 0.511 e. The van der Waals surface area contributed by atoms with Gasteiger partial charge >= 0.3 is 15.5 Å². The molecule has 0 spiro atoms. The summed E-state index contributed by atoms with van der Waals surface area (Å²) in [5.74, 6) is -1.60. The van der Waals surface area contributed by atoms with Crippen molar-refractivity contribution in [3.63, 3.8) is 0 Å². The van der Waals surface area contributed by atoms with E-state index in [0.717, 1.165) is 28.6 Å². The lowest BCUT2D eigenvalue weighted by atomic mass is 9.99. The number of piperidine rings is 1. The van der Waals surface area contributed by atoms with Crippen LogP contribution in [0.3, 0.4) is 0 Å². The Morgan fingerprint density at radius 2 is 1.32 bits per heavy atom. The first kappa shape index (κ1) is 26.5. The molecule has 1 saturated heterocycles. The quantitative estimate of drug-likeness (QED) is 0.536. The minimum absolute atomic E-state index is 0.0435. The van der Waals surface area contributed by atoms with Crippen molar-refractivity contribution in [3.05, 3.63) is 54.3 Å². The van der Waals surface area contributed by atoms with E-state index in [1.807, 2.05) is 0 Å². The minimum atomic E-state index is -5.51. The molecule has 2 aromatic rings. The van der Waals surface area contributed by atoms with E-state index in [2.05, 4.69) is 0 Å². The average molecular weight is 545 g/mol. The van der Waals surface area contributed by atoms with E-state index in [1.54, 1.807) is 0 Å². The smallest absolute Gasteiger partial charge is 0.218 e. The highest BCUT2D eigenvalue weighted by atomic mass is 32.2. The lowest BCUT2D eigenvalue weighted by Crippen LogP contribution is -2.43. The molecule has 0 aromatic heterocycles. The van der Waals surface area contributed by atoms with Gasteiger partial charge in [-0.05, 0) is 43.0 Å². The molecule has 34 heavy (non-hydrogen) atoms. The maximum Gasteiger partial charge on any atom is 0.511 e. The van der Waals surface area contributed by atoms with Gasteiger partial charge in [-0.25, -0.2) is 34.4 Å². The summed E-state index contributed by atoms with van der Waals surface area (Å²) in [6, 6.07) is 9.27. The van der Waals surface area contributed by atoms with Crippen LogP contribution in [0.4, 0.5) is 17.6 Å². The van der Waals surface area contributed by atoms with Crippen molar-refractivity contribution in [2.24, 2.45) is 5.92 Å². The van der Waals surface area contributed by atoms with Gasteiger partial charge in [-0.1, -0.05) is 24.3 Å². The van der Waals surface area contributed by atoms with Gasteiger partial charge < -0.3 is 0 Å². The molecule has 1 heterocycles. The summed E-state index contributed by atoms with van der Waals surface area (Å²) in [6.45, 7) is -0.863. The van der Waals surface area contributed by atoms with Crippen molar-refractivity contribution in [1.29, 1.82) is 0 Å². The molecule has 0 atom stereocenters. The molecule has 0 unspecified atom stereocenters. The lowest BCUT2D eigenvalue weighted by molar-refractivity contribution is -0.0448. The molecule has 1 aliphatic rings. The van der Waals surface area contributed by atoms with E-state index in [1.165, 1.54) is 29.0 Å². The fraction of sp³-hybridized carbons (Fsp3) is 0.368. The Kier molecular flexibility index (Phi) is 7.43. The summed E-state index contributed by atoms with van der Waals surface area (Å²) >= 11 is 0. The summed E-state index contributed by atoms with van der Waals surface area (Å²) in [7, 11) is -14.4. The summed E-state index contributed by atoms with van der Waals surface area (Å²) in [6.07, 6.45) is 0.0870. The van der Waals surface area contributed by atoms with Crippen LogP contribution in [0.25, 0.3) is 0 Å². The normalized spacial score (nSPS) is 17.1. The maximum absolute atomic E-state index is 14.2. The Morgan fingerprint density at radius 3 is 1.85 bits per heavy atom. The van der Waals surface area contributed by atoms with Gasteiger partial charge in [0, 0.05) is 19.6 Å². The van der Waals surface area contributed by atoms with Crippen molar-refractivity contribution in [1.82, 2.24) is 9.03 Å². The van der Waals surface area contributed by atoms with Gasteiger partial charge in [0.15, 0.2) is 0 Å². The molecular weight excluding hydrogens is 524 g/mol. The van der Waals surface area contributed by atoms with Crippen LogP contribution in [0.1, 0.15) is 12.8 Å². The number of hydrogen-bond donors (Lipinski definition) is 1. The first-order valence-electron chi connectivity index (χ1n) is 9.82. The second-order valence-electron chi connectivity index (χ2n) is 7.53. The van der Waals surface area contributed by atoms with E-state index >= 15 is 0 Å². The highest BCUT2D eigenvalue weighted by molar-refractivity contribution is 7.93. The van der Waals surface area contributed by atoms with Crippen LogP contribution >= 0.6 is 0 Å². The molecule has 0 saturated carbocycles. The highest BCUT2D eigenvalue weighted by Crippen LogP contribution is 2.32. The predicted molar refractivity (Wildman–Crippen MR) is 113 cm³/mol. The van der Waals surface area contributed by atoms with Gasteiger partial charge in [-0.3, -0.25) is 0 Å². The molecule has 15 heteroatoms. The van der Waals surface area contributed by atoms with E-state index in [-0.39, 0.29) is 25.9 Å². The third-order valence-electron chi connectivity index (χ3n) is 5.32. The number of rotatable bonds is 7. The zero-order valence-electron chi connectivity index (χ0n) is 17.4. The van der Waals surface area contributed by atoms with Gasteiger partial charge in [-0.2, -0.15) is 17.5 Å². The molecule has 0 bridgehead atoms.